The first kappa shape index (κ1) is 17.3. The molecule has 0 aromatic heterocycles. The van der Waals surface area contributed by atoms with Crippen LogP contribution >= 0.6 is 11.6 Å². The number of halogens is 1. The molecule has 1 rings (SSSR count). The first-order valence-electron chi connectivity index (χ1n) is 6.64. The van der Waals surface area contributed by atoms with Crippen molar-refractivity contribution in [3.63, 3.8) is 0 Å². The lowest BCUT2D eigenvalue weighted by atomic mass is 10.1. The molecule has 0 spiro atoms. The Balaban J connectivity index is 2.60. The molecule has 1 aromatic rings. The van der Waals surface area contributed by atoms with E-state index >= 15 is 0 Å². The van der Waals surface area contributed by atoms with E-state index in [1.165, 1.54) is 0 Å². The SMILES string of the molecule is CCCOc1ccc(NC(=O)C(N)CCC(=O)O)cc1Cl. The molecule has 1 atom stereocenters. The van der Waals surface area contributed by atoms with Gasteiger partial charge < -0.3 is 20.9 Å². The van der Waals surface area contributed by atoms with Crippen molar-refractivity contribution in [3.05, 3.63) is 23.2 Å². The minimum Gasteiger partial charge on any atom is -0.492 e. The van der Waals surface area contributed by atoms with Crippen molar-refractivity contribution >= 4 is 29.2 Å². The maximum Gasteiger partial charge on any atom is 0.303 e. The van der Waals surface area contributed by atoms with Crippen LogP contribution in [-0.4, -0.2) is 29.6 Å². The van der Waals surface area contributed by atoms with Crippen LogP contribution in [0.4, 0.5) is 5.69 Å². The van der Waals surface area contributed by atoms with Crippen LogP contribution in [-0.2, 0) is 9.59 Å². The number of rotatable bonds is 8. The lowest BCUT2D eigenvalue weighted by Gasteiger charge is -2.13. The van der Waals surface area contributed by atoms with Crippen molar-refractivity contribution in [2.24, 2.45) is 5.73 Å². The predicted molar refractivity (Wildman–Crippen MR) is 80.7 cm³/mol. The van der Waals surface area contributed by atoms with Gasteiger partial charge in [0.15, 0.2) is 0 Å². The molecule has 1 aromatic carbocycles. The molecule has 6 nitrogen and oxygen atoms in total. The third-order valence-corrected chi connectivity index (χ3v) is 2.96. The number of carboxylic acid groups (broad SMARTS) is 1. The van der Waals surface area contributed by atoms with Gasteiger partial charge in [0.2, 0.25) is 5.91 Å². The number of anilines is 1. The first-order chi connectivity index (χ1) is 9.93. The summed E-state index contributed by atoms with van der Waals surface area (Å²) in [6, 6.07) is 4.00. The van der Waals surface area contributed by atoms with Gasteiger partial charge in [0.1, 0.15) is 5.75 Å². The van der Waals surface area contributed by atoms with Gasteiger partial charge in [-0.2, -0.15) is 0 Å². The number of hydrogen-bond acceptors (Lipinski definition) is 4. The van der Waals surface area contributed by atoms with Crippen molar-refractivity contribution < 1.29 is 19.4 Å². The predicted octanol–water partition coefficient (Wildman–Crippen LogP) is 2.26. The molecule has 0 saturated carbocycles. The molecular weight excluding hydrogens is 296 g/mol. The third-order valence-electron chi connectivity index (χ3n) is 2.67. The van der Waals surface area contributed by atoms with Crippen LogP contribution in [0.3, 0.4) is 0 Å². The summed E-state index contributed by atoms with van der Waals surface area (Å²) >= 11 is 6.05. The third kappa shape index (κ3) is 6.01. The Morgan fingerprint density at radius 1 is 1.48 bits per heavy atom. The lowest BCUT2D eigenvalue weighted by molar-refractivity contribution is -0.137. The number of nitrogens with two attached hydrogens (primary N) is 1. The standard InChI is InChI=1S/C14H19ClN2O4/c1-2-7-21-12-5-3-9(8-10(12)15)17-14(20)11(16)4-6-13(18)19/h3,5,8,11H,2,4,6-7,16H2,1H3,(H,17,20)(H,18,19). The molecule has 0 saturated heterocycles. The van der Waals surface area contributed by atoms with E-state index in [0.29, 0.717) is 23.1 Å². The second kappa shape index (κ2) is 8.49. The van der Waals surface area contributed by atoms with Gasteiger partial charge in [-0.1, -0.05) is 18.5 Å². The van der Waals surface area contributed by atoms with Crippen molar-refractivity contribution in [1.29, 1.82) is 0 Å². The van der Waals surface area contributed by atoms with Crippen molar-refractivity contribution in [1.82, 2.24) is 0 Å². The number of carbonyl (C=O) groups is 2. The summed E-state index contributed by atoms with van der Waals surface area (Å²) in [5.41, 5.74) is 6.10. The molecule has 0 aliphatic rings. The fourth-order valence-electron chi connectivity index (χ4n) is 1.55. The number of carbonyl (C=O) groups excluding carboxylic acids is 1. The van der Waals surface area contributed by atoms with E-state index in [0.717, 1.165) is 6.42 Å². The number of ether oxygens (including phenoxy) is 1. The topological polar surface area (TPSA) is 102 Å². The number of carboxylic acids is 1. The first-order valence-corrected chi connectivity index (χ1v) is 7.02. The zero-order valence-corrected chi connectivity index (χ0v) is 12.5. The summed E-state index contributed by atoms with van der Waals surface area (Å²) in [5.74, 6) is -0.889. The second-order valence-electron chi connectivity index (χ2n) is 4.52. The molecule has 21 heavy (non-hydrogen) atoms. The van der Waals surface area contributed by atoms with Gasteiger partial charge in [0, 0.05) is 12.1 Å². The van der Waals surface area contributed by atoms with Crippen molar-refractivity contribution in [2.45, 2.75) is 32.2 Å². The van der Waals surface area contributed by atoms with Crippen LogP contribution in [0, 0.1) is 0 Å². The van der Waals surface area contributed by atoms with Gasteiger partial charge in [-0.3, -0.25) is 9.59 Å². The monoisotopic (exact) mass is 314 g/mol. The molecule has 116 valence electrons. The highest BCUT2D eigenvalue weighted by Crippen LogP contribution is 2.27. The molecular formula is C14H19ClN2O4. The highest BCUT2D eigenvalue weighted by atomic mass is 35.5. The Kier molecular flexibility index (Phi) is 6.98. The smallest absolute Gasteiger partial charge is 0.303 e. The number of nitrogens with one attached hydrogen (secondary N) is 1. The largest absolute Gasteiger partial charge is 0.492 e. The van der Waals surface area contributed by atoms with E-state index in [4.69, 9.17) is 27.2 Å². The van der Waals surface area contributed by atoms with Gasteiger partial charge in [-0.05, 0) is 31.0 Å². The molecule has 7 heteroatoms. The Morgan fingerprint density at radius 2 is 2.19 bits per heavy atom. The summed E-state index contributed by atoms with van der Waals surface area (Å²) in [6.07, 6.45) is 0.791. The summed E-state index contributed by atoms with van der Waals surface area (Å²) < 4.78 is 5.42. The molecule has 1 unspecified atom stereocenters. The maximum atomic E-state index is 11.8. The van der Waals surface area contributed by atoms with Gasteiger partial charge in [0.25, 0.3) is 0 Å². The number of benzene rings is 1. The van der Waals surface area contributed by atoms with E-state index in [1.54, 1.807) is 18.2 Å². The molecule has 0 radical (unpaired) electrons. The van der Waals surface area contributed by atoms with E-state index < -0.39 is 17.9 Å². The van der Waals surface area contributed by atoms with E-state index in [2.05, 4.69) is 5.32 Å². The van der Waals surface area contributed by atoms with Crippen LogP contribution < -0.4 is 15.8 Å². The Labute approximate surface area is 128 Å². The van der Waals surface area contributed by atoms with Crippen LogP contribution in [0.15, 0.2) is 18.2 Å². The fraction of sp³-hybridized carbons (Fsp3) is 0.429. The van der Waals surface area contributed by atoms with Crippen LogP contribution in [0.5, 0.6) is 5.75 Å². The molecule has 4 N–H and O–H groups in total. The highest BCUT2D eigenvalue weighted by Gasteiger charge is 2.15. The van der Waals surface area contributed by atoms with Crippen LogP contribution in [0.2, 0.25) is 5.02 Å². The van der Waals surface area contributed by atoms with Gasteiger partial charge in [-0.25, -0.2) is 0 Å². The Morgan fingerprint density at radius 3 is 2.76 bits per heavy atom. The maximum absolute atomic E-state index is 11.8. The molecule has 0 aliphatic carbocycles. The average Bonchev–Trinajstić information content (AvgIpc) is 2.43. The zero-order chi connectivity index (χ0) is 15.8. The Bertz CT molecular complexity index is 508. The molecule has 1 amide bonds. The number of amides is 1. The van der Waals surface area contributed by atoms with Gasteiger partial charge in [0.05, 0.1) is 17.7 Å². The molecule has 0 aliphatic heterocycles. The molecule has 0 bridgehead atoms. The van der Waals surface area contributed by atoms with Gasteiger partial charge >= 0.3 is 5.97 Å². The summed E-state index contributed by atoms with van der Waals surface area (Å²) in [4.78, 5) is 22.2. The minimum atomic E-state index is -0.987. The van der Waals surface area contributed by atoms with Crippen LogP contribution in [0.25, 0.3) is 0 Å². The average molecular weight is 315 g/mol. The van der Waals surface area contributed by atoms with Gasteiger partial charge in [-0.15, -0.1) is 0 Å². The Hall–Kier alpha value is -1.79. The van der Waals surface area contributed by atoms with E-state index in [1.807, 2.05) is 6.92 Å². The van der Waals surface area contributed by atoms with Crippen molar-refractivity contribution in [3.8, 4) is 5.75 Å². The quantitative estimate of drug-likeness (QED) is 0.683. The second-order valence-corrected chi connectivity index (χ2v) is 4.93. The fourth-order valence-corrected chi connectivity index (χ4v) is 1.79. The summed E-state index contributed by atoms with van der Waals surface area (Å²) in [5, 5.41) is 11.5. The number of aliphatic carboxylic acids is 1. The summed E-state index contributed by atoms with van der Waals surface area (Å²) in [7, 11) is 0. The lowest BCUT2D eigenvalue weighted by Crippen LogP contribution is -2.36. The highest BCUT2D eigenvalue weighted by molar-refractivity contribution is 6.32. The minimum absolute atomic E-state index is 0.0760. The van der Waals surface area contributed by atoms with E-state index in [9.17, 15) is 9.59 Å². The zero-order valence-electron chi connectivity index (χ0n) is 11.8. The van der Waals surface area contributed by atoms with E-state index in [-0.39, 0.29) is 12.8 Å². The normalized spacial score (nSPS) is 11.8. The van der Waals surface area contributed by atoms with Crippen LogP contribution in [0.1, 0.15) is 26.2 Å². The molecule has 0 fully saturated rings. The number of hydrogen-bond donors (Lipinski definition) is 3. The van der Waals surface area contributed by atoms with Crippen molar-refractivity contribution in [2.75, 3.05) is 11.9 Å². The summed E-state index contributed by atoms with van der Waals surface area (Å²) in [6.45, 7) is 2.55. The molecule has 0 heterocycles.